The third kappa shape index (κ3) is 4.80. The van der Waals surface area contributed by atoms with Gasteiger partial charge in [0, 0.05) is 30.3 Å². The molecular weight excluding hydrogens is 402 g/mol. The Bertz CT molecular complexity index is 1170. The van der Waals surface area contributed by atoms with Crippen LogP contribution < -0.4 is 10.1 Å². The van der Waals surface area contributed by atoms with Crippen LogP contribution >= 0.6 is 0 Å². The lowest BCUT2D eigenvalue weighted by Gasteiger charge is -2.14. The van der Waals surface area contributed by atoms with E-state index < -0.39 is 11.6 Å². The molecule has 2 aromatic carbocycles. The Balaban J connectivity index is 1.35. The number of halogens is 2. The van der Waals surface area contributed by atoms with Crippen molar-refractivity contribution >= 4 is 5.91 Å². The van der Waals surface area contributed by atoms with Gasteiger partial charge in [-0.1, -0.05) is 12.1 Å². The van der Waals surface area contributed by atoms with Crippen molar-refractivity contribution in [3.8, 4) is 11.4 Å². The SMILES string of the molecule is CC(NC(=O)c1ccn(COc2ccc(F)cc2F)n1)c1ccc(-n2cccc2)cc1. The molecular formula is C23H20F2N4O2. The number of amides is 1. The maximum Gasteiger partial charge on any atom is 0.272 e. The molecule has 0 aliphatic rings. The lowest BCUT2D eigenvalue weighted by molar-refractivity contribution is 0.0932. The first-order chi connectivity index (χ1) is 15.0. The molecule has 1 atom stereocenters. The Hall–Kier alpha value is -3.94. The summed E-state index contributed by atoms with van der Waals surface area (Å²) in [6, 6.07) is 16.2. The normalized spacial score (nSPS) is 11.8. The standard InChI is InChI=1S/C23H20F2N4O2/c1-16(17-4-7-19(8-5-17)28-11-2-3-12-28)26-23(30)21-10-13-29(27-21)15-31-22-9-6-18(24)14-20(22)25/h2-14,16H,15H2,1H3,(H,26,30). The summed E-state index contributed by atoms with van der Waals surface area (Å²) in [6.07, 6.45) is 5.47. The van der Waals surface area contributed by atoms with E-state index in [4.69, 9.17) is 4.74 Å². The van der Waals surface area contributed by atoms with E-state index in [1.807, 2.05) is 60.3 Å². The van der Waals surface area contributed by atoms with E-state index in [9.17, 15) is 13.6 Å². The first-order valence-corrected chi connectivity index (χ1v) is 9.65. The zero-order valence-corrected chi connectivity index (χ0v) is 16.7. The molecule has 158 valence electrons. The highest BCUT2D eigenvalue weighted by Gasteiger charge is 2.14. The summed E-state index contributed by atoms with van der Waals surface area (Å²) in [5, 5.41) is 7.05. The van der Waals surface area contributed by atoms with E-state index >= 15 is 0 Å². The summed E-state index contributed by atoms with van der Waals surface area (Å²) in [4.78, 5) is 12.5. The van der Waals surface area contributed by atoms with Crippen LogP contribution in [-0.4, -0.2) is 20.3 Å². The Morgan fingerprint density at radius 1 is 1.06 bits per heavy atom. The summed E-state index contributed by atoms with van der Waals surface area (Å²) in [7, 11) is 0. The molecule has 1 unspecified atom stereocenters. The van der Waals surface area contributed by atoms with Gasteiger partial charge in [0.2, 0.25) is 0 Å². The highest BCUT2D eigenvalue weighted by molar-refractivity contribution is 5.92. The second kappa shape index (κ2) is 8.83. The van der Waals surface area contributed by atoms with Gasteiger partial charge in [-0.15, -0.1) is 0 Å². The van der Waals surface area contributed by atoms with E-state index in [1.54, 1.807) is 12.3 Å². The topological polar surface area (TPSA) is 61.1 Å². The van der Waals surface area contributed by atoms with Gasteiger partial charge in [0.1, 0.15) is 11.5 Å². The van der Waals surface area contributed by atoms with E-state index in [2.05, 4.69) is 10.4 Å². The summed E-state index contributed by atoms with van der Waals surface area (Å²) in [6.45, 7) is 1.77. The van der Waals surface area contributed by atoms with Crippen LogP contribution in [0.2, 0.25) is 0 Å². The van der Waals surface area contributed by atoms with Crippen LogP contribution in [0, 0.1) is 11.6 Å². The van der Waals surface area contributed by atoms with Crippen molar-refractivity contribution in [1.82, 2.24) is 19.7 Å². The van der Waals surface area contributed by atoms with Crippen molar-refractivity contribution in [2.24, 2.45) is 0 Å². The number of benzene rings is 2. The number of nitrogens with one attached hydrogen (secondary N) is 1. The second-order valence-corrected chi connectivity index (χ2v) is 6.97. The van der Waals surface area contributed by atoms with E-state index in [0.717, 1.165) is 23.4 Å². The molecule has 0 aliphatic heterocycles. The molecule has 0 saturated heterocycles. The maximum absolute atomic E-state index is 13.6. The first kappa shape index (κ1) is 20.3. The van der Waals surface area contributed by atoms with Gasteiger partial charge in [-0.2, -0.15) is 5.10 Å². The fraction of sp³-hybridized carbons (Fsp3) is 0.130. The Morgan fingerprint density at radius 3 is 2.52 bits per heavy atom. The van der Waals surface area contributed by atoms with Gasteiger partial charge >= 0.3 is 0 Å². The van der Waals surface area contributed by atoms with Crippen LogP contribution in [0.25, 0.3) is 5.69 Å². The van der Waals surface area contributed by atoms with Gasteiger partial charge in [0.15, 0.2) is 18.3 Å². The molecule has 0 radical (unpaired) electrons. The molecule has 1 N–H and O–H groups in total. The van der Waals surface area contributed by atoms with Gasteiger partial charge in [0.05, 0.1) is 6.04 Å². The number of nitrogens with zero attached hydrogens (tertiary/aromatic N) is 3. The molecule has 2 heterocycles. The largest absolute Gasteiger partial charge is 0.468 e. The zero-order valence-electron chi connectivity index (χ0n) is 16.7. The lowest BCUT2D eigenvalue weighted by atomic mass is 10.1. The van der Waals surface area contributed by atoms with Crippen LogP contribution in [-0.2, 0) is 6.73 Å². The molecule has 0 spiro atoms. The van der Waals surface area contributed by atoms with Crippen LogP contribution in [0.15, 0.2) is 79.3 Å². The van der Waals surface area contributed by atoms with E-state index in [0.29, 0.717) is 0 Å². The van der Waals surface area contributed by atoms with Crippen molar-refractivity contribution in [1.29, 1.82) is 0 Å². The van der Waals surface area contributed by atoms with Gasteiger partial charge in [-0.05, 0) is 55.0 Å². The average Bonchev–Trinajstić information content (AvgIpc) is 3.46. The van der Waals surface area contributed by atoms with Crippen LogP contribution in [0.4, 0.5) is 8.78 Å². The van der Waals surface area contributed by atoms with Crippen LogP contribution in [0.5, 0.6) is 5.75 Å². The van der Waals surface area contributed by atoms with Gasteiger partial charge in [-0.25, -0.2) is 13.5 Å². The van der Waals surface area contributed by atoms with Crippen molar-refractivity contribution in [2.75, 3.05) is 0 Å². The summed E-state index contributed by atoms with van der Waals surface area (Å²) in [5.74, 6) is -1.92. The molecule has 2 aromatic heterocycles. The molecule has 8 heteroatoms. The van der Waals surface area contributed by atoms with Gasteiger partial charge in [-0.3, -0.25) is 4.79 Å². The molecule has 1 amide bonds. The second-order valence-electron chi connectivity index (χ2n) is 6.97. The highest BCUT2D eigenvalue weighted by atomic mass is 19.1. The van der Waals surface area contributed by atoms with Gasteiger partial charge in [0.25, 0.3) is 5.91 Å². The Morgan fingerprint density at radius 2 is 1.81 bits per heavy atom. The quantitative estimate of drug-likeness (QED) is 0.478. The summed E-state index contributed by atoms with van der Waals surface area (Å²) < 4.78 is 35.2. The minimum atomic E-state index is -0.804. The van der Waals surface area contributed by atoms with Crippen molar-refractivity contribution < 1.29 is 18.3 Å². The number of carbonyl (C=O) groups excluding carboxylic acids is 1. The summed E-state index contributed by atoms with van der Waals surface area (Å²) in [5.41, 5.74) is 2.20. The fourth-order valence-electron chi connectivity index (χ4n) is 3.08. The lowest BCUT2D eigenvalue weighted by Crippen LogP contribution is -2.27. The minimum absolute atomic E-state index is 0.0973. The molecule has 4 rings (SSSR count). The number of hydrogen-bond acceptors (Lipinski definition) is 3. The molecule has 6 nitrogen and oxygen atoms in total. The molecule has 31 heavy (non-hydrogen) atoms. The third-order valence-corrected chi connectivity index (χ3v) is 4.76. The van der Waals surface area contributed by atoms with Crippen molar-refractivity contribution in [3.05, 3.63) is 102 Å². The monoisotopic (exact) mass is 422 g/mol. The van der Waals surface area contributed by atoms with Crippen LogP contribution in [0.3, 0.4) is 0 Å². The molecule has 0 saturated carbocycles. The Kier molecular flexibility index (Phi) is 5.79. The van der Waals surface area contributed by atoms with E-state index in [1.165, 1.54) is 10.7 Å². The average molecular weight is 422 g/mol. The minimum Gasteiger partial charge on any atom is -0.468 e. The Labute approximate surface area is 177 Å². The van der Waals surface area contributed by atoms with Crippen molar-refractivity contribution in [2.45, 2.75) is 19.7 Å². The van der Waals surface area contributed by atoms with Crippen LogP contribution in [0.1, 0.15) is 29.0 Å². The molecule has 0 fully saturated rings. The number of carbonyl (C=O) groups is 1. The predicted molar refractivity (Wildman–Crippen MR) is 111 cm³/mol. The number of ether oxygens (including phenoxy) is 1. The predicted octanol–water partition coefficient (Wildman–Crippen LogP) is 4.48. The van der Waals surface area contributed by atoms with Crippen molar-refractivity contribution in [3.63, 3.8) is 0 Å². The molecule has 0 aliphatic carbocycles. The molecule has 0 bridgehead atoms. The smallest absolute Gasteiger partial charge is 0.272 e. The summed E-state index contributed by atoms with van der Waals surface area (Å²) >= 11 is 0. The number of rotatable bonds is 7. The highest BCUT2D eigenvalue weighted by Crippen LogP contribution is 2.18. The maximum atomic E-state index is 13.6. The van der Waals surface area contributed by atoms with E-state index in [-0.39, 0.29) is 30.1 Å². The first-order valence-electron chi connectivity index (χ1n) is 9.65. The number of hydrogen-bond donors (Lipinski definition) is 1. The third-order valence-electron chi connectivity index (χ3n) is 4.76. The number of aromatic nitrogens is 3. The fourth-order valence-corrected chi connectivity index (χ4v) is 3.08. The zero-order chi connectivity index (χ0) is 21.8. The van der Waals surface area contributed by atoms with Gasteiger partial charge < -0.3 is 14.6 Å². The molecule has 4 aromatic rings.